The van der Waals surface area contributed by atoms with Gasteiger partial charge in [-0.2, -0.15) is 4.98 Å². The molecule has 1 unspecified atom stereocenters. The summed E-state index contributed by atoms with van der Waals surface area (Å²) in [6.45, 7) is 5.37. The van der Waals surface area contributed by atoms with Crippen molar-refractivity contribution in [2.45, 2.75) is 25.9 Å². The summed E-state index contributed by atoms with van der Waals surface area (Å²) >= 11 is 0. The molecular formula is C31H33N7O6. The zero-order valence-electron chi connectivity index (χ0n) is 24.9. The summed E-state index contributed by atoms with van der Waals surface area (Å²) in [6, 6.07) is 12.6. The number of piperazine rings is 1. The average Bonchev–Trinajstić information content (AvgIpc) is 3.56. The van der Waals surface area contributed by atoms with Gasteiger partial charge in [0.15, 0.2) is 22.7 Å². The van der Waals surface area contributed by atoms with Gasteiger partial charge in [-0.1, -0.05) is 29.8 Å². The highest BCUT2D eigenvalue weighted by Crippen LogP contribution is 2.36. The molecule has 2 amide bonds. The van der Waals surface area contributed by atoms with Gasteiger partial charge in [-0.05, 0) is 24.6 Å². The second-order valence-electron chi connectivity index (χ2n) is 11.5. The monoisotopic (exact) mass is 599 g/mol. The van der Waals surface area contributed by atoms with Gasteiger partial charge >= 0.3 is 5.69 Å². The molecule has 13 nitrogen and oxygen atoms in total. The van der Waals surface area contributed by atoms with E-state index in [-0.39, 0.29) is 18.2 Å². The van der Waals surface area contributed by atoms with Gasteiger partial charge in [0.2, 0.25) is 11.9 Å². The molecule has 3 aliphatic rings. The van der Waals surface area contributed by atoms with Gasteiger partial charge in [0.25, 0.3) is 11.5 Å². The Kier molecular flexibility index (Phi) is 6.76. The highest BCUT2D eigenvalue weighted by atomic mass is 16.6. The van der Waals surface area contributed by atoms with Crippen LogP contribution in [0.2, 0.25) is 0 Å². The number of imide groups is 1. The number of hydrogen-bond acceptors (Lipinski definition) is 9. The Morgan fingerprint density at radius 2 is 1.57 bits per heavy atom. The van der Waals surface area contributed by atoms with Crippen molar-refractivity contribution in [2.24, 2.45) is 14.1 Å². The summed E-state index contributed by atoms with van der Waals surface area (Å²) in [5, 5.41) is 0. The van der Waals surface area contributed by atoms with Gasteiger partial charge in [0, 0.05) is 46.3 Å². The summed E-state index contributed by atoms with van der Waals surface area (Å²) in [4.78, 5) is 62.9. The van der Waals surface area contributed by atoms with E-state index in [0.29, 0.717) is 80.2 Å². The molecule has 0 N–H and O–H groups in total. The van der Waals surface area contributed by atoms with Crippen LogP contribution in [0.3, 0.4) is 0 Å². The van der Waals surface area contributed by atoms with Crippen molar-refractivity contribution in [3.05, 3.63) is 74.4 Å². The maximum atomic E-state index is 13.6. The lowest BCUT2D eigenvalue weighted by Gasteiger charge is -2.37. The Morgan fingerprint density at radius 1 is 0.864 bits per heavy atom. The quantitative estimate of drug-likeness (QED) is 0.309. The van der Waals surface area contributed by atoms with Crippen molar-refractivity contribution in [1.82, 2.24) is 23.6 Å². The van der Waals surface area contributed by atoms with E-state index in [2.05, 4.69) is 4.90 Å². The van der Waals surface area contributed by atoms with E-state index >= 15 is 0 Å². The number of rotatable bonds is 5. The molecule has 1 atom stereocenters. The highest BCUT2D eigenvalue weighted by Gasteiger charge is 2.44. The zero-order chi connectivity index (χ0) is 30.7. The number of hydrogen-bond donors (Lipinski definition) is 0. The third-order valence-electron chi connectivity index (χ3n) is 8.73. The van der Waals surface area contributed by atoms with Crippen LogP contribution in [0.25, 0.3) is 11.2 Å². The molecule has 7 rings (SSSR count). The number of carbonyl (C=O) groups excluding carboxylic acids is 2. The summed E-state index contributed by atoms with van der Waals surface area (Å²) in [5.74, 6) is 1.19. The minimum Gasteiger partial charge on any atom is -0.486 e. The van der Waals surface area contributed by atoms with E-state index in [4.69, 9.17) is 14.5 Å². The van der Waals surface area contributed by atoms with E-state index in [1.54, 1.807) is 25.2 Å². The lowest BCUT2D eigenvalue weighted by Crippen LogP contribution is -2.53. The molecule has 2 fully saturated rings. The van der Waals surface area contributed by atoms with Gasteiger partial charge in [0.1, 0.15) is 13.2 Å². The van der Waals surface area contributed by atoms with Crippen molar-refractivity contribution in [1.29, 1.82) is 0 Å². The molecule has 13 heteroatoms. The van der Waals surface area contributed by atoms with Gasteiger partial charge in [0.05, 0.1) is 24.7 Å². The average molecular weight is 600 g/mol. The third-order valence-corrected chi connectivity index (χ3v) is 8.73. The second-order valence-corrected chi connectivity index (χ2v) is 11.5. The molecule has 4 aromatic rings. The van der Waals surface area contributed by atoms with Crippen LogP contribution in [0.1, 0.15) is 17.5 Å². The zero-order valence-corrected chi connectivity index (χ0v) is 24.9. The minimum absolute atomic E-state index is 0.0946. The molecule has 0 bridgehead atoms. The van der Waals surface area contributed by atoms with E-state index in [1.807, 2.05) is 40.7 Å². The second kappa shape index (κ2) is 10.7. The van der Waals surface area contributed by atoms with Gasteiger partial charge in [-0.3, -0.25) is 33.0 Å². The Bertz CT molecular complexity index is 1920. The fraction of sp³-hybridized carbons (Fsp3) is 0.387. The number of fused-ring (bicyclic) bond motifs is 2. The van der Waals surface area contributed by atoms with Crippen molar-refractivity contribution in [2.75, 3.05) is 49.2 Å². The molecule has 0 spiro atoms. The summed E-state index contributed by atoms with van der Waals surface area (Å²) < 4.78 is 15.6. The number of aromatic nitrogens is 4. The number of ether oxygens (including phenoxy) is 2. The molecule has 0 saturated carbocycles. The molecule has 0 aliphatic carbocycles. The van der Waals surface area contributed by atoms with Crippen LogP contribution in [0.15, 0.2) is 52.1 Å². The van der Waals surface area contributed by atoms with Gasteiger partial charge in [-0.15, -0.1) is 0 Å². The van der Waals surface area contributed by atoms with E-state index in [1.165, 1.54) is 16.5 Å². The van der Waals surface area contributed by atoms with Crippen molar-refractivity contribution < 1.29 is 19.1 Å². The first-order valence-corrected chi connectivity index (χ1v) is 14.7. The maximum Gasteiger partial charge on any atom is 0.332 e. The van der Waals surface area contributed by atoms with Crippen molar-refractivity contribution in [3.8, 4) is 11.5 Å². The molecular weight excluding hydrogens is 566 g/mol. The lowest BCUT2D eigenvalue weighted by molar-refractivity contribution is -0.123. The van der Waals surface area contributed by atoms with Gasteiger partial charge < -0.3 is 14.4 Å². The number of benzene rings is 2. The van der Waals surface area contributed by atoms with Gasteiger partial charge in [-0.25, -0.2) is 9.69 Å². The van der Waals surface area contributed by atoms with Crippen molar-refractivity contribution >= 4 is 34.6 Å². The predicted octanol–water partition coefficient (Wildman–Crippen LogP) is 1.02. The highest BCUT2D eigenvalue weighted by molar-refractivity contribution is 6.22. The van der Waals surface area contributed by atoms with Crippen molar-refractivity contribution in [3.63, 3.8) is 0 Å². The number of carbonyl (C=O) groups is 2. The van der Waals surface area contributed by atoms with Crippen LogP contribution < -0.4 is 30.5 Å². The van der Waals surface area contributed by atoms with Crippen LogP contribution in [0.5, 0.6) is 11.5 Å². The number of imidazole rings is 1. The van der Waals surface area contributed by atoms with E-state index in [9.17, 15) is 19.2 Å². The standard InChI is InChI=1S/C31H33N7O6/c1-19-4-6-20(7-5-19)18-37-26-27(33(2)31(42)34(3)29(26)41)32-30(37)36-12-10-35(11-13-36)22-17-25(39)38(28(22)40)21-8-9-23-24(16-21)44-15-14-43-23/h4-9,16,22H,10-15,17-18H2,1-3H3. The first-order chi connectivity index (χ1) is 21.2. The van der Waals surface area contributed by atoms with Crippen LogP contribution in [0, 0.1) is 6.92 Å². The lowest BCUT2D eigenvalue weighted by atomic mass is 10.1. The molecule has 5 heterocycles. The fourth-order valence-electron chi connectivity index (χ4n) is 6.28. The topological polar surface area (TPSA) is 124 Å². The Morgan fingerprint density at radius 3 is 2.30 bits per heavy atom. The molecule has 2 aromatic carbocycles. The Labute approximate surface area is 252 Å². The fourth-order valence-corrected chi connectivity index (χ4v) is 6.28. The molecule has 0 radical (unpaired) electrons. The molecule has 228 valence electrons. The number of aryl methyl sites for hydroxylation is 2. The van der Waals surface area contributed by atoms with E-state index in [0.717, 1.165) is 15.7 Å². The Hall–Kier alpha value is -4.91. The normalized spacial score (nSPS) is 18.9. The van der Waals surface area contributed by atoms with Crippen LogP contribution >= 0.6 is 0 Å². The maximum absolute atomic E-state index is 13.6. The number of amides is 2. The van der Waals surface area contributed by atoms with Crippen LogP contribution in [0.4, 0.5) is 11.6 Å². The Balaban J connectivity index is 1.15. The summed E-state index contributed by atoms with van der Waals surface area (Å²) in [5.41, 5.74) is 2.45. The van der Waals surface area contributed by atoms with Crippen LogP contribution in [-0.2, 0) is 30.2 Å². The number of nitrogens with zero attached hydrogens (tertiary/aromatic N) is 7. The van der Waals surface area contributed by atoms with Crippen LogP contribution in [-0.4, -0.2) is 80.8 Å². The largest absolute Gasteiger partial charge is 0.486 e. The molecule has 3 aliphatic heterocycles. The predicted molar refractivity (Wildman–Crippen MR) is 163 cm³/mol. The minimum atomic E-state index is -0.572. The smallest absolute Gasteiger partial charge is 0.332 e. The molecule has 2 saturated heterocycles. The first kappa shape index (κ1) is 27.9. The number of anilines is 2. The molecule has 44 heavy (non-hydrogen) atoms. The summed E-state index contributed by atoms with van der Waals surface area (Å²) in [7, 11) is 3.09. The van der Waals surface area contributed by atoms with E-state index < -0.39 is 17.3 Å². The SMILES string of the molecule is Cc1ccc(Cn2c(N3CCN(C4CC(=O)N(c5ccc6c(c5)OCCO6)C4=O)CC3)nc3c2c(=O)n(C)c(=O)n3C)cc1. The third kappa shape index (κ3) is 4.55. The first-order valence-electron chi connectivity index (χ1n) is 14.7. The molecule has 2 aromatic heterocycles. The summed E-state index contributed by atoms with van der Waals surface area (Å²) in [6.07, 6.45) is 0.0946.